The first-order valence-corrected chi connectivity index (χ1v) is 8.09. The maximum Gasteiger partial charge on any atom is 0.0595 e. The van der Waals surface area contributed by atoms with Gasteiger partial charge < -0.3 is 15.0 Å². The van der Waals surface area contributed by atoms with Crippen LogP contribution in [0.2, 0.25) is 0 Å². The Balaban J connectivity index is 2.39. The molecule has 1 N–H and O–H groups in total. The smallest absolute Gasteiger partial charge is 0.0595 e. The van der Waals surface area contributed by atoms with Gasteiger partial charge in [-0.15, -0.1) is 0 Å². The van der Waals surface area contributed by atoms with Crippen molar-refractivity contribution in [3.63, 3.8) is 0 Å². The summed E-state index contributed by atoms with van der Waals surface area (Å²) in [7, 11) is 1.84. The Morgan fingerprint density at radius 1 is 1.21 bits per heavy atom. The van der Waals surface area contributed by atoms with Crippen molar-refractivity contribution in [1.29, 1.82) is 0 Å². The van der Waals surface area contributed by atoms with Crippen molar-refractivity contribution in [1.82, 2.24) is 10.2 Å². The summed E-state index contributed by atoms with van der Waals surface area (Å²) in [6, 6.07) is 0. The van der Waals surface area contributed by atoms with E-state index in [2.05, 4.69) is 31.0 Å². The number of hydrogen-bond donors (Lipinski definition) is 1. The Morgan fingerprint density at radius 3 is 2.42 bits per heavy atom. The van der Waals surface area contributed by atoms with Gasteiger partial charge in [-0.3, -0.25) is 0 Å². The Bertz CT molecular complexity index is 227. The van der Waals surface area contributed by atoms with Gasteiger partial charge in [0.2, 0.25) is 0 Å². The molecule has 0 aliphatic carbocycles. The first kappa shape index (κ1) is 16.9. The lowest BCUT2D eigenvalue weighted by Crippen LogP contribution is -2.46. The molecule has 1 atom stereocenters. The molecule has 0 saturated carbocycles. The molecule has 3 nitrogen and oxygen atoms in total. The van der Waals surface area contributed by atoms with E-state index in [0.717, 1.165) is 13.1 Å². The third-order valence-corrected chi connectivity index (χ3v) is 4.31. The normalized spacial score (nSPS) is 21.5. The van der Waals surface area contributed by atoms with Gasteiger partial charge in [0, 0.05) is 33.3 Å². The molecule has 114 valence electrons. The number of methoxy groups -OCH3 is 1. The van der Waals surface area contributed by atoms with Crippen molar-refractivity contribution in [3.8, 4) is 0 Å². The molecule has 0 radical (unpaired) electrons. The summed E-state index contributed by atoms with van der Waals surface area (Å²) in [5.74, 6) is 0. The van der Waals surface area contributed by atoms with Gasteiger partial charge in [0.25, 0.3) is 0 Å². The minimum Gasteiger partial charge on any atom is -0.381 e. The quantitative estimate of drug-likeness (QED) is 0.652. The molecule has 0 amide bonds. The molecular weight excluding hydrogens is 236 g/mol. The third-order valence-electron chi connectivity index (χ3n) is 4.31. The van der Waals surface area contributed by atoms with E-state index in [1.165, 1.54) is 51.7 Å². The molecule has 0 bridgehead atoms. The fraction of sp³-hybridized carbons (Fsp3) is 1.00. The van der Waals surface area contributed by atoms with E-state index in [9.17, 15) is 0 Å². The van der Waals surface area contributed by atoms with E-state index >= 15 is 0 Å². The second-order valence-electron chi connectivity index (χ2n) is 6.45. The van der Waals surface area contributed by atoms with Gasteiger partial charge in [0.15, 0.2) is 0 Å². The number of hydrogen-bond acceptors (Lipinski definition) is 3. The molecule has 1 rings (SSSR count). The maximum absolute atomic E-state index is 5.46. The van der Waals surface area contributed by atoms with Crippen LogP contribution in [-0.4, -0.2) is 50.8 Å². The number of nitrogens with one attached hydrogen (secondary N) is 1. The summed E-state index contributed by atoms with van der Waals surface area (Å²) in [4.78, 5) is 2.64. The zero-order valence-corrected chi connectivity index (χ0v) is 13.5. The summed E-state index contributed by atoms with van der Waals surface area (Å²) in [6.07, 6.45) is 6.70. The van der Waals surface area contributed by atoms with E-state index < -0.39 is 0 Å². The second-order valence-corrected chi connectivity index (χ2v) is 6.45. The Hall–Kier alpha value is -0.120. The van der Waals surface area contributed by atoms with Crippen LogP contribution in [0.3, 0.4) is 0 Å². The van der Waals surface area contributed by atoms with Gasteiger partial charge >= 0.3 is 0 Å². The summed E-state index contributed by atoms with van der Waals surface area (Å²) in [6.45, 7) is 12.9. The number of nitrogens with zero attached hydrogens (tertiary/aromatic N) is 1. The van der Waals surface area contributed by atoms with Crippen molar-refractivity contribution in [2.45, 2.75) is 59.0 Å². The molecule has 1 aliphatic rings. The van der Waals surface area contributed by atoms with Crippen molar-refractivity contribution < 1.29 is 4.74 Å². The highest BCUT2D eigenvalue weighted by atomic mass is 16.5. The predicted molar refractivity (Wildman–Crippen MR) is 82.6 cm³/mol. The lowest BCUT2D eigenvalue weighted by Gasteiger charge is -2.39. The van der Waals surface area contributed by atoms with Crippen LogP contribution < -0.4 is 5.32 Å². The predicted octanol–water partition coefficient (Wildman–Crippen LogP) is 2.90. The summed E-state index contributed by atoms with van der Waals surface area (Å²) in [5, 5.41) is 3.62. The first-order valence-electron chi connectivity index (χ1n) is 8.09. The average molecular weight is 270 g/mol. The summed E-state index contributed by atoms with van der Waals surface area (Å²) in [5.41, 5.74) is 0.420. The zero-order valence-electron chi connectivity index (χ0n) is 13.5. The highest BCUT2D eigenvalue weighted by molar-refractivity contribution is 4.83. The molecule has 0 aromatic rings. The molecule has 0 aromatic heterocycles. The molecule has 1 heterocycles. The number of ether oxygens (including phenoxy) is 1. The number of likely N-dealkylation sites (tertiary alicyclic amines) is 1. The molecule has 0 spiro atoms. The van der Waals surface area contributed by atoms with E-state index in [-0.39, 0.29) is 0 Å². The molecule has 1 aliphatic heterocycles. The zero-order chi connectivity index (χ0) is 14.1. The average Bonchev–Trinajstić information content (AvgIpc) is 2.40. The van der Waals surface area contributed by atoms with E-state index in [1.54, 1.807) is 0 Å². The van der Waals surface area contributed by atoms with Crippen LogP contribution in [0.4, 0.5) is 0 Å². The molecule has 1 unspecified atom stereocenters. The fourth-order valence-electron chi connectivity index (χ4n) is 3.24. The maximum atomic E-state index is 5.46. The molecule has 1 fully saturated rings. The molecule has 19 heavy (non-hydrogen) atoms. The molecule has 1 saturated heterocycles. The van der Waals surface area contributed by atoms with Gasteiger partial charge in [-0.05, 0) is 37.6 Å². The highest BCUT2D eigenvalue weighted by Gasteiger charge is 2.28. The molecular formula is C16H34N2O. The molecule has 0 aromatic carbocycles. The Labute approximate surface area is 120 Å². The van der Waals surface area contributed by atoms with E-state index in [4.69, 9.17) is 4.74 Å². The Kier molecular flexibility index (Phi) is 7.96. The minimum atomic E-state index is 0.420. The fourth-order valence-corrected chi connectivity index (χ4v) is 3.24. The Morgan fingerprint density at radius 2 is 1.89 bits per heavy atom. The van der Waals surface area contributed by atoms with Crippen molar-refractivity contribution in [2.75, 3.05) is 39.8 Å². The lowest BCUT2D eigenvalue weighted by atomic mass is 9.84. The molecule has 3 heteroatoms. The van der Waals surface area contributed by atoms with Crippen molar-refractivity contribution in [3.05, 3.63) is 0 Å². The van der Waals surface area contributed by atoms with Gasteiger partial charge in [0.05, 0.1) is 6.10 Å². The van der Waals surface area contributed by atoms with Crippen LogP contribution in [-0.2, 0) is 4.74 Å². The summed E-state index contributed by atoms with van der Waals surface area (Å²) < 4.78 is 5.46. The minimum absolute atomic E-state index is 0.420. The third kappa shape index (κ3) is 6.24. The van der Waals surface area contributed by atoms with E-state index in [0.29, 0.717) is 11.5 Å². The highest BCUT2D eigenvalue weighted by Crippen LogP contribution is 2.26. The summed E-state index contributed by atoms with van der Waals surface area (Å²) >= 11 is 0. The SMILES string of the molecule is CCCNCC(C)(CCC)CN1CCC(OC)CC1. The van der Waals surface area contributed by atoms with Gasteiger partial charge in [-0.1, -0.05) is 27.2 Å². The van der Waals surface area contributed by atoms with Crippen molar-refractivity contribution in [2.24, 2.45) is 5.41 Å². The van der Waals surface area contributed by atoms with Gasteiger partial charge in [-0.25, -0.2) is 0 Å². The topological polar surface area (TPSA) is 24.5 Å². The number of piperidine rings is 1. The van der Waals surface area contributed by atoms with Crippen LogP contribution in [0.5, 0.6) is 0 Å². The van der Waals surface area contributed by atoms with Crippen LogP contribution in [0.1, 0.15) is 52.9 Å². The largest absolute Gasteiger partial charge is 0.381 e. The van der Waals surface area contributed by atoms with Gasteiger partial charge in [-0.2, -0.15) is 0 Å². The van der Waals surface area contributed by atoms with Gasteiger partial charge in [0.1, 0.15) is 0 Å². The second kappa shape index (κ2) is 8.93. The first-order chi connectivity index (χ1) is 9.13. The van der Waals surface area contributed by atoms with Crippen LogP contribution in [0.25, 0.3) is 0 Å². The standard InChI is InChI=1S/C16H34N2O/c1-5-9-16(3,13-17-10-6-2)14-18-11-7-15(19-4)8-12-18/h15,17H,5-14H2,1-4H3. The van der Waals surface area contributed by atoms with E-state index in [1.807, 2.05) is 7.11 Å². The lowest BCUT2D eigenvalue weighted by molar-refractivity contribution is 0.0268. The number of rotatable bonds is 9. The van der Waals surface area contributed by atoms with Crippen LogP contribution >= 0.6 is 0 Å². The van der Waals surface area contributed by atoms with Crippen LogP contribution in [0, 0.1) is 5.41 Å². The monoisotopic (exact) mass is 270 g/mol. The van der Waals surface area contributed by atoms with Crippen LogP contribution in [0.15, 0.2) is 0 Å². The van der Waals surface area contributed by atoms with Crippen molar-refractivity contribution >= 4 is 0 Å².